The molecule has 0 bridgehead atoms. The van der Waals surface area contributed by atoms with Gasteiger partial charge < -0.3 is 9.80 Å². The summed E-state index contributed by atoms with van der Waals surface area (Å²) in [5, 5.41) is 0. The summed E-state index contributed by atoms with van der Waals surface area (Å²) in [6, 6.07) is 8.79. The lowest BCUT2D eigenvalue weighted by atomic mass is 9.99. The van der Waals surface area contributed by atoms with Crippen LogP contribution in [0.15, 0.2) is 24.3 Å². The Labute approximate surface area is 141 Å². The summed E-state index contributed by atoms with van der Waals surface area (Å²) in [6.45, 7) is 12.9. The smallest absolute Gasteiger partial charge is 0.253 e. The SMILES string of the molecule is CCCN(CC)C1CCN(C(=O)c2ccc(C(C)C)cc2)CC1. The highest BCUT2D eigenvalue weighted by Crippen LogP contribution is 2.20. The van der Waals surface area contributed by atoms with E-state index in [1.165, 1.54) is 18.5 Å². The quantitative estimate of drug-likeness (QED) is 0.787. The molecule has 0 atom stereocenters. The molecule has 1 fully saturated rings. The number of piperidine rings is 1. The molecule has 23 heavy (non-hydrogen) atoms. The second-order valence-corrected chi connectivity index (χ2v) is 6.93. The molecular weight excluding hydrogens is 284 g/mol. The first-order chi connectivity index (χ1) is 11.1. The largest absolute Gasteiger partial charge is 0.339 e. The van der Waals surface area contributed by atoms with Gasteiger partial charge in [0.15, 0.2) is 0 Å². The molecule has 1 aromatic carbocycles. The van der Waals surface area contributed by atoms with E-state index in [2.05, 4.69) is 44.7 Å². The fourth-order valence-electron chi connectivity index (χ4n) is 3.51. The van der Waals surface area contributed by atoms with Crippen LogP contribution in [-0.2, 0) is 0 Å². The highest BCUT2D eigenvalue weighted by Gasteiger charge is 2.26. The zero-order valence-corrected chi connectivity index (χ0v) is 15.2. The van der Waals surface area contributed by atoms with Crippen molar-refractivity contribution in [3.05, 3.63) is 35.4 Å². The average molecular weight is 316 g/mol. The molecule has 1 heterocycles. The maximum absolute atomic E-state index is 12.7. The van der Waals surface area contributed by atoms with Crippen LogP contribution < -0.4 is 0 Å². The van der Waals surface area contributed by atoms with Crippen LogP contribution in [0.1, 0.15) is 68.8 Å². The van der Waals surface area contributed by atoms with Crippen molar-refractivity contribution >= 4 is 5.91 Å². The number of hydrogen-bond donors (Lipinski definition) is 0. The minimum Gasteiger partial charge on any atom is -0.339 e. The Bertz CT molecular complexity index is 487. The number of carbonyl (C=O) groups excluding carboxylic acids is 1. The molecular formula is C20H32N2O. The van der Waals surface area contributed by atoms with E-state index in [-0.39, 0.29) is 5.91 Å². The van der Waals surface area contributed by atoms with Gasteiger partial charge in [0.25, 0.3) is 5.91 Å². The summed E-state index contributed by atoms with van der Waals surface area (Å²) < 4.78 is 0. The van der Waals surface area contributed by atoms with Crippen LogP contribution in [0.4, 0.5) is 0 Å². The predicted molar refractivity (Wildman–Crippen MR) is 97.0 cm³/mol. The molecule has 3 heteroatoms. The third-order valence-electron chi connectivity index (χ3n) is 5.01. The van der Waals surface area contributed by atoms with Gasteiger partial charge in [0, 0.05) is 24.7 Å². The van der Waals surface area contributed by atoms with Gasteiger partial charge in [0.2, 0.25) is 0 Å². The Hall–Kier alpha value is -1.35. The Morgan fingerprint density at radius 3 is 2.26 bits per heavy atom. The first-order valence-electron chi connectivity index (χ1n) is 9.20. The fraction of sp³-hybridized carbons (Fsp3) is 0.650. The van der Waals surface area contributed by atoms with Gasteiger partial charge in [-0.1, -0.05) is 39.8 Å². The summed E-state index contributed by atoms with van der Waals surface area (Å²) in [7, 11) is 0. The Kier molecular flexibility index (Phi) is 6.64. The lowest BCUT2D eigenvalue weighted by Crippen LogP contribution is -2.46. The van der Waals surface area contributed by atoms with Crippen molar-refractivity contribution in [3.8, 4) is 0 Å². The zero-order chi connectivity index (χ0) is 16.8. The predicted octanol–water partition coefficient (Wildman–Crippen LogP) is 4.15. The van der Waals surface area contributed by atoms with Crippen LogP contribution in [-0.4, -0.2) is 47.9 Å². The maximum atomic E-state index is 12.7. The van der Waals surface area contributed by atoms with E-state index >= 15 is 0 Å². The second-order valence-electron chi connectivity index (χ2n) is 6.93. The molecule has 1 aliphatic heterocycles. The van der Waals surface area contributed by atoms with Crippen molar-refractivity contribution in [2.24, 2.45) is 0 Å². The number of carbonyl (C=O) groups is 1. The Morgan fingerprint density at radius 2 is 1.78 bits per heavy atom. The van der Waals surface area contributed by atoms with Gasteiger partial charge in [-0.25, -0.2) is 0 Å². The van der Waals surface area contributed by atoms with Gasteiger partial charge in [-0.15, -0.1) is 0 Å². The Balaban J connectivity index is 1.92. The van der Waals surface area contributed by atoms with Crippen LogP contribution in [0.25, 0.3) is 0 Å². The van der Waals surface area contributed by atoms with E-state index in [0.717, 1.165) is 38.0 Å². The average Bonchev–Trinajstić information content (AvgIpc) is 2.59. The highest BCUT2D eigenvalue weighted by atomic mass is 16.2. The van der Waals surface area contributed by atoms with E-state index in [4.69, 9.17) is 0 Å². The van der Waals surface area contributed by atoms with E-state index in [9.17, 15) is 4.79 Å². The number of amides is 1. The third-order valence-corrected chi connectivity index (χ3v) is 5.01. The summed E-state index contributed by atoms with van der Waals surface area (Å²) in [6.07, 6.45) is 3.41. The molecule has 0 radical (unpaired) electrons. The van der Waals surface area contributed by atoms with Crippen LogP contribution in [0.5, 0.6) is 0 Å². The maximum Gasteiger partial charge on any atom is 0.253 e. The van der Waals surface area contributed by atoms with Crippen LogP contribution in [0.3, 0.4) is 0 Å². The monoisotopic (exact) mass is 316 g/mol. The van der Waals surface area contributed by atoms with Gasteiger partial charge >= 0.3 is 0 Å². The zero-order valence-electron chi connectivity index (χ0n) is 15.2. The van der Waals surface area contributed by atoms with Gasteiger partial charge in [0.1, 0.15) is 0 Å². The standard InChI is InChI=1S/C20H32N2O/c1-5-13-21(6-2)19-11-14-22(15-12-19)20(23)18-9-7-17(8-10-18)16(3)4/h7-10,16,19H,5-6,11-15H2,1-4H3. The van der Waals surface area contributed by atoms with E-state index in [1.807, 2.05) is 17.0 Å². The molecule has 0 aliphatic carbocycles. The first kappa shape index (κ1) is 18.0. The number of rotatable bonds is 6. The van der Waals surface area contributed by atoms with Crippen molar-refractivity contribution in [1.29, 1.82) is 0 Å². The molecule has 0 saturated carbocycles. The molecule has 0 N–H and O–H groups in total. The van der Waals surface area contributed by atoms with Crippen LogP contribution >= 0.6 is 0 Å². The molecule has 1 aliphatic rings. The number of hydrogen-bond acceptors (Lipinski definition) is 2. The van der Waals surface area contributed by atoms with E-state index in [1.54, 1.807) is 0 Å². The Morgan fingerprint density at radius 1 is 1.17 bits per heavy atom. The van der Waals surface area contributed by atoms with Crippen molar-refractivity contribution in [1.82, 2.24) is 9.80 Å². The number of benzene rings is 1. The van der Waals surface area contributed by atoms with Crippen LogP contribution in [0, 0.1) is 0 Å². The molecule has 1 amide bonds. The molecule has 3 nitrogen and oxygen atoms in total. The number of nitrogens with zero attached hydrogens (tertiary/aromatic N) is 2. The summed E-state index contributed by atoms with van der Waals surface area (Å²) in [5.74, 6) is 0.700. The number of likely N-dealkylation sites (tertiary alicyclic amines) is 1. The lowest BCUT2D eigenvalue weighted by molar-refractivity contribution is 0.0625. The van der Waals surface area contributed by atoms with Gasteiger partial charge in [-0.05, 0) is 56.0 Å². The minimum atomic E-state index is 0.192. The van der Waals surface area contributed by atoms with Crippen molar-refractivity contribution in [2.45, 2.75) is 58.9 Å². The van der Waals surface area contributed by atoms with Crippen molar-refractivity contribution in [3.63, 3.8) is 0 Å². The molecule has 1 aromatic rings. The molecule has 0 spiro atoms. The molecule has 0 unspecified atom stereocenters. The van der Waals surface area contributed by atoms with E-state index in [0.29, 0.717) is 12.0 Å². The molecule has 1 saturated heterocycles. The first-order valence-corrected chi connectivity index (χ1v) is 9.20. The lowest BCUT2D eigenvalue weighted by Gasteiger charge is -2.38. The highest BCUT2D eigenvalue weighted by molar-refractivity contribution is 5.94. The van der Waals surface area contributed by atoms with E-state index < -0.39 is 0 Å². The molecule has 0 aromatic heterocycles. The second kappa shape index (κ2) is 8.49. The summed E-state index contributed by atoms with van der Waals surface area (Å²) in [5.41, 5.74) is 2.12. The van der Waals surface area contributed by atoms with Crippen molar-refractivity contribution < 1.29 is 4.79 Å². The molecule has 2 rings (SSSR count). The van der Waals surface area contributed by atoms with Crippen molar-refractivity contribution in [2.75, 3.05) is 26.2 Å². The minimum absolute atomic E-state index is 0.192. The summed E-state index contributed by atoms with van der Waals surface area (Å²) in [4.78, 5) is 17.3. The normalized spacial score (nSPS) is 16.3. The van der Waals surface area contributed by atoms with Crippen LogP contribution in [0.2, 0.25) is 0 Å². The third kappa shape index (κ3) is 4.57. The molecule has 128 valence electrons. The van der Waals surface area contributed by atoms with Gasteiger partial charge in [0.05, 0.1) is 0 Å². The van der Waals surface area contributed by atoms with Gasteiger partial charge in [-0.2, -0.15) is 0 Å². The fourth-order valence-corrected chi connectivity index (χ4v) is 3.51. The summed E-state index contributed by atoms with van der Waals surface area (Å²) >= 11 is 0. The van der Waals surface area contributed by atoms with Gasteiger partial charge in [-0.3, -0.25) is 4.79 Å². The topological polar surface area (TPSA) is 23.6 Å².